The SMILES string of the molecule is C=C(/C=C\C=C/Nc1ccccc1C)NC.N.Oc1ccc(-c2ccc(O)c(-c3ccccc3Nc3ccccc3-c3ccccc3)c2)cc1-c1ccccc1. The summed E-state index contributed by atoms with van der Waals surface area (Å²) in [6.45, 7) is 5.87. The summed E-state index contributed by atoms with van der Waals surface area (Å²) in [4.78, 5) is 0. The molecule has 8 N–H and O–H groups in total. The standard InChI is InChI=1S/C36H27NO2.C14H18N2.H3N/c38-35-21-19-27(23-31(35)26-13-5-2-6-14-26)28-20-22-36(39)32(24-28)30-16-8-10-18-34(30)37-33-17-9-7-15-29(33)25-11-3-1-4-12-25;1-12-8-4-5-10-14(12)16-11-7-6-9-13(2)15-3;/h1-24,37-39H;4-11,15-16H,2H2,1,3H3;1H3/b;9-6-,11-7-;. The molecule has 0 atom stereocenters. The third-order valence-corrected chi connectivity index (χ3v) is 9.12. The molecule has 0 fully saturated rings. The molecule has 0 saturated carbocycles. The Bertz CT molecular complexity index is 2420. The fourth-order valence-electron chi connectivity index (χ4n) is 6.11. The molecule has 0 radical (unpaired) electrons. The molecule has 7 aromatic carbocycles. The summed E-state index contributed by atoms with van der Waals surface area (Å²) in [6.07, 6.45) is 7.69. The topological polar surface area (TPSA) is 112 Å². The van der Waals surface area contributed by atoms with Crippen molar-refractivity contribution in [2.45, 2.75) is 6.92 Å². The fraction of sp³-hybridized carbons (Fsp3) is 0.0400. The van der Waals surface area contributed by atoms with Crippen molar-refractivity contribution in [2.75, 3.05) is 17.7 Å². The molecule has 0 aliphatic rings. The lowest BCUT2D eigenvalue weighted by atomic mass is 9.94. The largest absolute Gasteiger partial charge is 0.507 e. The second-order valence-electron chi connectivity index (χ2n) is 12.9. The van der Waals surface area contributed by atoms with E-state index in [9.17, 15) is 10.2 Å². The maximum Gasteiger partial charge on any atom is 0.123 e. The summed E-state index contributed by atoms with van der Waals surface area (Å²) in [5, 5.41) is 31.3. The maximum absolute atomic E-state index is 11.0. The van der Waals surface area contributed by atoms with Crippen LogP contribution in [-0.2, 0) is 0 Å². The monoisotopic (exact) mass is 736 g/mol. The van der Waals surface area contributed by atoms with Crippen LogP contribution in [0.15, 0.2) is 207 Å². The van der Waals surface area contributed by atoms with Crippen molar-refractivity contribution in [1.29, 1.82) is 0 Å². The molecule has 7 aromatic rings. The van der Waals surface area contributed by atoms with Crippen molar-refractivity contribution >= 4 is 17.1 Å². The molecule has 6 heteroatoms. The third kappa shape index (κ3) is 10.2. The fourth-order valence-corrected chi connectivity index (χ4v) is 6.11. The van der Waals surface area contributed by atoms with Crippen molar-refractivity contribution in [3.05, 3.63) is 212 Å². The van der Waals surface area contributed by atoms with E-state index in [-0.39, 0.29) is 17.6 Å². The van der Waals surface area contributed by atoms with E-state index < -0.39 is 0 Å². The number of nitrogens with one attached hydrogen (secondary N) is 3. The van der Waals surface area contributed by atoms with Gasteiger partial charge in [0.1, 0.15) is 11.5 Å². The summed E-state index contributed by atoms with van der Waals surface area (Å²) < 4.78 is 0. The van der Waals surface area contributed by atoms with Crippen LogP contribution in [0.5, 0.6) is 11.5 Å². The van der Waals surface area contributed by atoms with Gasteiger partial charge in [0.25, 0.3) is 0 Å². The first-order chi connectivity index (χ1) is 26.9. The Kier molecular flexibility index (Phi) is 14.0. The number of phenols is 2. The minimum absolute atomic E-state index is 0. The van der Waals surface area contributed by atoms with E-state index in [1.807, 2.05) is 153 Å². The maximum atomic E-state index is 11.0. The lowest BCUT2D eigenvalue weighted by Gasteiger charge is -2.17. The molecule has 0 heterocycles. The second kappa shape index (κ2) is 19.7. The first-order valence-corrected chi connectivity index (χ1v) is 18.2. The first kappa shape index (κ1) is 39.9. The summed E-state index contributed by atoms with van der Waals surface area (Å²) in [5.74, 6) is 0.432. The van der Waals surface area contributed by atoms with Gasteiger partial charge < -0.3 is 32.3 Å². The summed E-state index contributed by atoms with van der Waals surface area (Å²) in [5.41, 5.74) is 12.6. The Morgan fingerprint density at radius 3 is 1.59 bits per heavy atom. The highest BCUT2D eigenvalue weighted by Gasteiger charge is 2.14. The van der Waals surface area contributed by atoms with E-state index in [1.54, 1.807) is 12.1 Å². The van der Waals surface area contributed by atoms with Gasteiger partial charge in [0.2, 0.25) is 0 Å². The average molecular weight is 737 g/mol. The number of hydrogen-bond donors (Lipinski definition) is 6. The highest BCUT2D eigenvalue weighted by atomic mass is 16.3. The van der Waals surface area contributed by atoms with E-state index in [1.165, 1.54) is 5.56 Å². The molecule has 0 unspecified atom stereocenters. The van der Waals surface area contributed by atoms with Crippen molar-refractivity contribution < 1.29 is 10.2 Å². The molecule has 0 aliphatic heterocycles. The quantitative estimate of drug-likeness (QED) is 0.0738. The number of aromatic hydroxyl groups is 2. The zero-order chi connectivity index (χ0) is 38.4. The molecule has 7 rings (SSSR count). The number of hydrogen-bond acceptors (Lipinski definition) is 6. The molecular formula is C50H48N4O2. The number of benzene rings is 7. The van der Waals surface area contributed by atoms with Gasteiger partial charge in [-0.2, -0.15) is 0 Å². The van der Waals surface area contributed by atoms with Crippen LogP contribution in [0.4, 0.5) is 17.1 Å². The van der Waals surface area contributed by atoms with Crippen molar-refractivity contribution in [3.8, 4) is 56.0 Å². The smallest absolute Gasteiger partial charge is 0.123 e. The van der Waals surface area contributed by atoms with E-state index in [0.717, 1.165) is 67.3 Å². The molecule has 0 aromatic heterocycles. The van der Waals surface area contributed by atoms with Gasteiger partial charge >= 0.3 is 0 Å². The van der Waals surface area contributed by atoms with Gasteiger partial charge in [0.05, 0.1) is 0 Å². The van der Waals surface area contributed by atoms with Crippen LogP contribution in [0.3, 0.4) is 0 Å². The predicted molar refractivity (Wildman–Crippen MR) is 238 cm³/mol. The number of aryl methyl sites for hydroxylation is 1. The highest BCUT2D eigenvalue weighted by molar-refractivity contribution is 5.90. The second-order valence-corrected chi connectivity index (χ2v) is 12.9. The van der Waals surface area contributed by atoms with Gasteiger partial charge in [-0.1, -0.05) is 140 Å². The Morgan fingerprint density at radius 1 is 0.500 bits per heavy atom. The first-order valence-electron chi connectivity index (χ1n) is 18.2. The molecule has 0 amide bonds. The van der Waals surface area contributed by atoms with Crippen LogP contribution in [0, 0.1) is 6.92 Å². The molecule has 0 spiro atoms. The Labute approximate surface area is 330 Å². The van der Waals surface area contributed by atoms with Crippen LogP contribution in [0.2, 0.25) is 0 Å². The van der Waals surface area contributed by atoms with Crippen molar-refractivity contribution in [3.63, 3.8) is 0 Å². The zero-order valence-corrected chi connectivity index (χ0v) is 31.8. The number of rotatable bonds is 11. The van der Waals surface area contributed by atoms with Gasteiger partial charge in [-0.3, -0.25) is 0 Å². The lowest BCUT2D eigenvalue weighted by molar-refractivity contribution is 0.476. The highest BCUT2D eigenvalue weighted by Crippen LogP contribution is 2.41. The molecular weight excluding hydrogens is 689 g/mol. The van der Waals surface area contributed by atoms with Gasteiger partial charge in [-0.05, 0) is 89.4 Å². The Hall–Kier alpha value is -7.28. The minimum atomic E-state index is 0. The molecule has 6 nitrogen and oxygen atoms in total. The van der Waals surface area contributed by atoms with E-state index in [2.05, 4.69) is 65.9 Å². The van der Waals surface area contributed by atoms with Gasteiger partial charge in [-0.25, -0.2) is 0 Å². The van der Waals surface area contributed by atoms with Crippen LogP contribution in [0.1, 0.15) is 5.56 Å². The van der Waals surface area contributed by atoms with Crippen LogP contribution >= 0.6 is 0 Å². The van der Waals surface area contributed by atoms with Gasteiger partial charge in [0, 0.05) is 58.3 Å². The van der Waals surface area contributed by atoms with Crippen molar-refractivity contribution in [1.82, 2.24) is 11.5 Å². The van der Waals surface area contributed by atoms with E-state index >= 15 is 0 Å². The summed E-state index contributed by atoms with van der Waals surface area (Å²) >= 11 is 0. The van der Waals surface area contributed by atoms with Crippen LogP contribution < -0.4 is 22.1 Å². The molecule has 0 aliphatic carbocycles. The lowest BCUT2D eigenvalue weighted by Crippen LogP contribution is -2.00. The van der Waals surface area contributed by atoms with Gasteiger partial charge in [-0.15, -0.1) is 0 Å². The Morgan fingerprint density at radius 2 is 0.982 bits per heavy atom. The number of phenolic OH excluding ortho intramolecular Hbond substituents is 2. The number of anilines is 3. The molecule has 280 valence electrons. The van der Waals surface area contributed by atoms with Crippen LogP contribution in [0.25, 0.3) is 44.5 Å². The van der Waals surface area contributed by atoms with Gasteiger partial charge in [0.15, 0.2) is 0 Å². The normalized spacial score (nSPS) is 10.6. The molecule has 0 saturated heterocycles. The Balaban J connectivity index is 0.000000299. The van der Waals surface area contributed by atoms with E-state index in [4.69, 9.17) is 0 Å². The third-order valence-electron chi connectivity index (χ3n) is 9.12. The number of likely N-dealkylation sites (N-methyl/N-ethyl adjacent to an activating group) is 1. The zero-order valence-electron chi connectivity index (χ0n) is 31.8. The summed E-state index contributed by atoms with van der Waals surface area (Å²) in [7, 11) is 1.85. The molecule has 56 heavy (non-hydrogen) atoms. The minimum Gasteiger partial charge on any atom is -0.507 e. The predicted octanol–water partition coefficient (Wildman–Crippen LogP) is 12.9. The number of para-hydroxylation sites is 3. The van der Waals surface area contributed by atoms with E-state index in [0.29, 0.717) is 0 Å². The number of allylic oxidation sites excluding steroid dienone is 3. The molecule has 0 bridgehead atoms. The van der Waals surface area contributed by atoms with Crippen LogP contribution in [-0.4, -0.2) is 17.3 Å². The van der Waals surface area contributed by atoms with Crippen molar-refractivity contribution in [2.24, 2.45) is 0 Å². The average Bonchev–Trinajstić information content (AvgIpc) is 3.23. The summed E-state index contributed by atoms with van der Waals surface area (Å²) in [6, 6.07) is 55.8.